The van der Waals surface area contributed by atoms with Gasteiger partial charge in [-0.05, 0) is 17.7 Å². The largest absolute Gasteiger partial charge is 0.416 e. The fourth-order valence-corrected chi connectivity index (χ4v) is 1.74. The molecule has 1 aromatic heterocycles. The van der Waals surface area contributed by atoms with Crippen molar-refractivity contribution in [2.75, 3.05) is 0 Å². The Kier molecular flexibility index (Phi) is 3.52. The lowest BCUT2D eigenvalue weighted by atomic mass is 9.96. The van der Waals surface area contributed by atoms with Crippen LogP contribution in [0.3, 0.4) is 0 Å². The summed E-state index contributed by atoms with van der Waals surface area (Å²) in [6.45, 7) is 0. The van der Waals surface area contributed by atoms with Gasteiger partial charge in [0.2, 0.25) is 0 Å². The fraction of sp³-hybridized carbons (Fsp3) is 0.143. The summed E-state index contributed by atoms with van der Waals surface area (Å²) in [5.41, 5.74) is -0.0750. The minimum Gasteiger partial charge on any atom is -0.260 e. The Balaban J connectivity index is 2.44. The van der Waals surface area contributed by atoms with Gasteiger partial charge in [-0.2, -0.15) is 18.4 Å². The first kappa shape index (κ1) is 13.1. The van der Waals surface area contributed by atoms with E-state index in [1.54, 1.807) is 30.3 Å². The Morgan fingerprint density at radius 3 is 2.37 bits per heavy atom. The summed E-state index contributed by atoms with van der Waals surface area (Å²) in [6, 6.07) is 12.4. The van der Waals surface area contributed by atoms with Crippen LogP contribution in [0.4, 0.5) is 13.2 Å². The monoisotopic (exact) mass is 262 g/mol. The van der Waals surface area contributed by atoms with Crippen LogP contribution in [-0.2, 0) is 6.18 Å². The zero-order valence-corrected chi connectivity index (χ0v) is 9.72. The van der Waals surface area contributed by atoms with Gasteiger partial charge >= 0.3 is 6.18 Å². The molecule has 0 fully saturated rings. The average Bonchev–Trinajstić information content (AvgIpc) is 2.40. The number of pyridine rings is 1. The number of nitriles is 1. The van der Waals surface area contributed by atoms with Gasteiger partial charge in [-0.15, -0.1) is 0 Å². The highest BCUT2D eigenvalue weighted by atomic mass is 19.4. The third kappa shape index (κ3) is 2.91. The normalized spacial score (nSPS) is 12.7. The average molecular weight is 262 g/mol. The van der Waals surface area contributed by atoms with Gasteiger partial charge in [0.05, 0.1) is 17.3 Å². The quantitative estimate of drug-likeness (QED) is 0.826. The lowest BCUT2D eigenvalue weighted by molar-refractivity contribution is -0.137. The minimum absolute atomic E-state index is 0.100. The summed E-state index contributed by atoms with van der Waals surface area (Å²) < 4.78 is 37.9. The van der Waals surface area contributed by atoms with E-state index in [9.17, 15) is 13.2 Å². The standard InChI is InChI=1S/C14H9F3N2/c15-14(16,17)11-6-7-19-13(8-11)12(9-18)10-4-2-1-3-5-10/h1-8,12H. The van der Waals surface area contributed by atoms with Gasteiger partial charge in [-0.3, -0.25) is 4.98 Å². The number of nitrogens with zero attached hydrogens (tertiary/aromatic N) is 2. The Morgan fingerprint density at radius 2 is 1.79 bits per heavy atom. The van der Waals surface area contributed by atoms with Gasteiger partial charge in [-0.1, -0.05) is 30.3 Å². The van der Waals surface area contributed by atoms with E-state index < -0.39 is 17.7 Å². The SMILES string of the molecule is N#CC(c1ccccc1)c1cc(C(F)(F)F)ccn1. The maximum absolute atomic E-state index is 12.6. The van der Waals surface area contributed by atoms with Crippen LogP contribution in [0.5, 0.6) is 0 Å². The summed E-state index contributed by atoms with van der Waals surface area (Å²) in [6.07, 6.45) is -3.36. The summed E-state index contributed by atoms with van der Waals surface area (Å²) in [5, 5.41) is 9.16. The van der Waals surface area contributed by atoms with E-state index in [-0.39, 0.29) is 5.69 Å². The van der Waals surface area contributed by atoms with E-state index in [1.807, 2.05) is 6.07 Å². The van der Waals surface area contributed by atoms with Crippen molar-refractivity contribution in [3.05, 3.63) is 65.5 Å². The third-order valence-electron chi connectivity index (χ3n) is 2.67. The van der Waals surface area contributed by atoms with E-state index in [1.165, 1.54) is 0 Å². The maximum Gasteiger partial charge on any atom is 0.416 e. The number of halogens is 3. The molecule has 0 amide bonds. The topological polar surface area (TPSA) is 36.7 Å². The molecule has 5 heteroatoms. The first-order valence-electron chi connectivity index (χ1n) is 5.50. The lowest BCUT2D eigenvalue weighted by Gasteiger charge is -2.11. The van der Waals surface area contributed by atoms with Crippen molar-refractivity contribution >= 4 is 0 Å². The molecule has 1 heterocycles. The number of aromatic nitrogens is 1. The maximum atomic E-state index is 12.6. The molecular weight excluding hydrogens is 253 g/mol. The number of benzene rings is 1. The number of hydrogen-bond donors (Lipinski definition) is 0. The zero-order chi connectivity index (χ0) is 13.9. The van der Waals surface area contributed by atoms with E-state index in [2.05, 4.69) is 4.98 Å². The Morgan fingerprint density at radius 1 is 1.11 bits per heavy atom. The molecule has 0 aliphatic carbocycles. The first-order valence-corrected chi connectivity index (χ1v) is 5.50. The highest BCUT2D eigenvalue weighted by molar-refractivity contribution is 5.36. The predicted octanol–water partition coefficient (Wildman–Crippen LogP) is 3.76. The van der Waals surface area contributed by atoms with Crippen molar-refractivity contribution in [2.24, 2.45) is 0 Å². The molecule has 1 unspecified atom stereocenters. The van der Waals surface area contributed by atoms with Gasteiger partial charge < -0.3 is 0 Å². The molecule has 2 nitrogen and oxygen atoms in total. The van der Waals surface area contributed by atoms with E-state index >= 15 is 0 Å². The highest BCUT2D eigenvalue weighted by Gasteiger charge is 2.31. The minimum atomic E-state index is -4.44. The van der Waals surface area contributed by atoms with E-state index in [0.717, 1.165) is 18.3 Å². The lowest BCUT2D eigenvalue weighted by Crippen LogP contribution is -2.08. The van der Waals surface area contributed by atoms with Crippen molar-refractivity contribution < 1.29 is 13.2 Å². The summed E-state index contributed by atoms with van der Waals surface area (Å²) >= 11 is 0. The van der Waals surface area contributed by atoms with Crippen LogP contribution in [0.15, 0.2) is 48.7 Å². The summed E-state index contributed by atoms with van der Waals surface area (Å²) in [7, 11) is 0. The smallest absolute Gasteiger partial charge is 0.260 e. The number of rotatable bonds is 2. The molecule has 19 heavy (non-hydrogen) atoms. The van der Waals surface area contributed by atoms with E-state index in [4.69, 9.17) is 5.26 Å². The Bertz CT molecular complexity index is 600. The first-order chi connectivity index (χ1) is 9.02. The van der Waals surface area contributed by atoms with Crippen LogP contribution in [0.2, 0.25) is 0 Å². The number of hydrogen-bond acceptors (Lipinski definition) is 2. The number of alkyl halides is 3. The van der Waals surface area contributed by atoms with Crippen molar-refractivity contribution in [3.63, 3.8) is 0 Å². The molecule has 0 N–H and O–H groups in total. The molecule has 0 spiro atoms. The van der Waals surface area contributed by atoms with Gasteiger partial charge in [0.15, 0.2) is 0 Å². The fourth-order valence-electron chi connectivity index (χ4n) is 1.74. The molecular formula is C14H9F3N2. The third-order valence-corrected chi connectivity index (χ3v) is 2.67. The van der Waals surface area contributed by atoms with Crippen molar-refractivity contribution in [1.82, 2.24) is 4.98 Å². The molecule has 2 rings (SSSR count). The van der Waals surface area contributed by atoms with Crippen molar-refractivity contribution in [2.45, 2.75) is 12.1 Å². The van der Waals surface area contributed by atoms with Gasteiger partial charge in [0.25, 0.3) is 0 Å². The molecule has 96 valence electrons. The van der Waals surface area contributed by atoms with Crippen molar-refractivity contribution in [3.8, 4) is 6.07 Å². The zero-order valence-electron chi connectivity index (χ0n) is 9.72. The predicted molar refractivity (Wildman–Crippen MR) is 63.1 cm³/mol. The van der Waals surface area contributed by atoms with Crippen LogP contribution in [-0.4, -0.2) is 4.98 Å². The molecule has 0 bridgehead atoms. The van der Waals surface area contributed by atoms with Crippen LogP contribution in [0, 0.1) is 11.3 Å². The summed E-state index contributed by atoms with van der Waals surface area (Å²) in [5.74, 6) is -0.802. The Labute approximate surface area is 108 Å². The molecule has 0 saturated heterocycles. The van der Waals surface area contributed by atoms with Gasteiger partial charge in [0, 0.05) is 6.20 Å². The second kappa shape index (κ2) is 5.11. The van der Waals surface area contributed by atoms with Crippen LogP contribution in [0.1, 0.15) is 22.7 Å². The highest BCUT2D eigenvalue weighted by Crippen LogP contribution is 2.31. The van der Waals surface area contributed by atoms with Crippen LogP contribution < -0.4 is 0 Å². The molecule has 1 aromatic carbocycles. The molecule has 0 aliphatic heterocycles. The molecule has 0 aliphatic rings. The second-order valence-corrected chi connectivity index (χ2v) is 3.94. The molecule has 1 atom stereocenters. The van der Waals surface area contributed by atoms with Gasteiger partial charge in [0.1, 0.15) is 5.92 Å². The second-order valence-electron chi connectivity index (χ2n) is 3.94. The molecule has 0 saturated carbocycles. The molecule has 2 aromatic rings. The van der Waals surface area contributed by atoms with E-state index in [0.29, 0.717) is 5.56 Å². The van der Waals surface area contributed by atoms with Crippen molar-refractivity contribution in [1.29, 1.82) is 5.26 Å². The molecule has 0 radical (unpaired) electrons. The Hall–Kier alpha value is -2.35. The van der Waals surface area contributed by atoms with Crippen LogP contribution in [0.25, 0.3) is 0 Å². The van der Waals surface area contributed by atoms with Crippen LogP contribution >= 0.6 is 0 Å². The van der Waals surface area contributed by atoms with Gasteiger partial charge in [-0.25, -0.2) is 0 Å². The summed E-state index contributed by atoms with van der Waals surface area (Å²) in [4.78, 5) is 3.88.